The van der Waals surface area contributed by atoms with Crippen LogP contribution < -0.4 is 4.74 Å². The molecule has 1 N–H and O–H groups in total. The van der Waals surface area contributed by atoms with Gasteiger partial charge in [0.05, 0.1) is 17.2 Å². The number of likely N-dealkylation sites (tertiary alicyclic amines) is 1. The Bertz CT molecular complexity index is 962. The van der Waals surface area contributed by atoms with Crippen molar-refractivity contribution >= 4 is 33.4 Å². The molecule has 1 saturated heterocycles. The Morgan fingerprint density at radius 1 is 1.24 bits per heavy atom. The van der Waals surface area contributed by atoms with Crippen LogP contribution in [0.4, 0.5) is 0 Å². The summed E-state index contributed by atoms with van der Waals surface area (Å²) in [5.41, 5.74) is 0.454. The van der Waals surface area contributed by atoms with Gasteiger partial charge in [0.1, 0.15) is 29.1 Å². The zero-order valence-corrected chi connectivity index (χ0v) is 18.3. The van der Waals surface area contributed by atoms with Crippen LogP contribution in [0.25, 0.3) is 5.76 Å². The summed E-state index contributed by atoms with van der Waals surface area (Å²) in [5.74, 6) is 0.182. The highest BCUT2D eigenvalue weighted by Crippen LogP contribution is 2.41. The van der Waals surface area contributed by atoms with E-state index in [4.69, 9.17) is 9.15 Å². The van der Waals surface area contributed by atoms with Crippen molar-refractivity contribution in [2.45, 2.75) is 39.2 Å². The third kappa shape index (κ3) is 4.10. The van der Waals surface area contributed by atoms with E-state index in [1.54, 1.807) is 44.4 Å². The average molecular weight is 462 g/mol. The number of benzene rings is 1. The molecule has 2 aromatic rings. The van der Waals surface area contributed by atoms with Gasteiger partial charge in [-0.2, -0.15) is 0 Å². The first kappa shape index (κ1) is 21.2. The fraction of sp³-hybridized carbons (Fsp3) is 0.364. The molecule has 29 heavy (non-hydrogen) atoms. The SMILES string of the molecule is CCCCCN1C(=O)C(=O)/C(=C(\O)c2ccc(OC)c(Br)c2)C1c1ccc(C)o1. The van der Waals surface area contributed by atoms with Crippen molar-refractivity contribution in [1.29, 1.82) is 0 Å². The van der Waals surface area contributed by atoms with Crippen LogP contribution in [0, 0.1) is 6.92 Å². The van der Waals surface area contributed by atoms with Crippen molar-refractivity contribution < 1.29 is 23.8 Å². The Balaban J connectivity index is 2.10. The summed E-state index contributed by atoms with van der Waals surface area (Å²) >= 11 is 3.39. The third-order valence-corrected chi connectivity index (χ3v) is 5.62. The van der Waals surface area contributed by atoms with Crippen molar-refractivity contribution in [3.05, 3.63) is 57.5 Å². The largest absolute Gasteiger partial charge is 0.507 e. The Morgan fingerprint density at radius 3 is 2.59 bits per heavy atom. The van der Waals surface area contributed by atoms with Crippen LogP contribution in [0.1, 0.15) is 49.3 Å². The lowest BCUT2D eigenvalue weighted by Crippen LogP contribution is -2.30. The van der Waals surface area contributed by atoms with E-state index < -0.39 is 17.7 Å². The second-order valence-electron chi connectivity index (χ2n) is 7.00. The lowest BCUT2D eigenvalue weighted by Gasteiger charge is -2.23. The Labute approximate surface area is 178 Å². The minimum Gasteiger partial charge on any atom is -0.507 e. The summed E-state index contributed by atoms with van der Waals surface area (Å²) in [5, 5.41) is 11.0. The van der Waals surface area contributed by atoms with Gasteiger partial charge in [-0.25, -0.2) is 0 Å². The summed E-state index contributed by atoms with van der Waals surface area (Å²) < 4.78 is 11.6. The highest BCUT2D eigenvalue weighted by molar-refractivity contribution is 9.10. The normalized spacial score (nSPS) is 18.5. The van der Waals surface area contributed by atoms with Crippen molar-refractivity contribution in [3.63, 3.8) is 0 Å². The van der Waals surface area contributed by atoms with Crippen LogP contribution in [0.2, 0.25) is 0 Å². The van der Waals surface area contributed by atoms with E-state index in [1.807, 2.05) is 0 Å². The molecule has 1 aliphatic heterocycles. The van der Waals surface area contributed by atoms with E-state index in [2.05, 4.69) is 22.9 Å². The quantitative estimate of drug-likeness (QED) is 0.272. The number of halogens is 1. The molecule has 1 aromatic carbocycles. The maximum absolute atomic E-state index is 12.9. The highest BCUT2D eigenvalue weighted by Gasteiger charge is 2.47. The summed E-state index contributed by atoms with van der Waals surface area (Å²) in [6.07, 6.45) is 2.71. The van der Waals surface area contributed by atoms with Crippen molar-refractivity contribution in [2.24, 2.45) is 0 Å². The van der Waals surface area contributed by atoms with E-state index in [-0.39, 0.29) is 11.3 Å². The van der Waals surface area contributed by atoms with Crippen molar-refractivity contribution in [2.75, 3.05) is 13.7 Å². The number of Topliss-reactive ketones (excluding diaryl/α,β-unsaturated/α-hetero) is 1. The van der Waals surface area contributed by atoms with Crippen LogP contribution in [0.5, 0.6) is 5.75 Å². The number of hydrogen-bond donors (Lipinski definition) is 1. The van der Waals surface area contributed by atoms with Gasteiger partial charge in [0.15, 0.2) is 0 Å². The minimum absolute atomic E-state index is 0.0397. The van der Waals surface area contributed by atoms with Gasteiger partial charge >= 0.3 is 0 Å². The number of aliphatic hydroxyl groups is 1. The molecule has 1 unspecified atom stereocenters. The summed E-state index contributed by atoms with van der Waals surface area (Å²) in [6, 6.07) is 7.77. The second-order valence-corrected chi connectivity index (χ2v) is 7.85. The predicted octanol–water partition coefficient (Wildman–Crippen LogP) is 4.97. The average Bonchev–Trinajstić information content (AvgIpc) is 3.23. The second kappa shape index (κ2) is 8.86. The first-order valence-corrected chi connectivity index (χ1v) is 10.4. The number of ketones is 1. The molecule has 0 aliphatic carbocycles. The molecule has 1 amide bonds. The summed E-state index contributed by atoms with van der Waals surface area (Å²) in [7, 11) is 1.54. The Hall–Kier alpha value is -2.54. The minimum atomic E-state index is -0.749. The molecule has 1 atom stereocenters. The lowest BCUT2D eigenvalue weighted by molar-refractivity contribution is -0.140. The van der Waals surface area contributed by atoms with E-state index >= 15 is 0 Å². The molecule has 0 spiro atoms. The van der Waals surface area contributed by atoms with Gasteiger partial charge < -0.3 is 19.2 Å². The topological polar surface area (TPSA) is 80.0 Å². The molecule has 0 bridgehead atoms. The standard InChI is InChI=1S/C22H24BrNO5/c1-4-5-6-11-24-19(17-9-7-13(2)29-17)18(21(26)22(24)27)20(25)14-8-10-16(28-3)15(23)12-14/h7-10,12,19,25H,4-6,11H2,1-3H3/b20-18-. The molecule has 0 saturated carbocycles. The first-order valence-electron chi connectivity index (χ1n) is 9.57. The number of carbonyl (C=O) groups is 2. The van der Waals surface area contributed by atoms with E-state index in [9.17, 15) is 14.7 Å². The molecule has 3 rings (SSSR count). The van der Waals surface area contributed by atoms with Crippen LogP contribution in [-0.4, -0.2) is 35.4 Å². The fourth-order valence-corrected chi connectivity index (χ4v) is 4.05. The van der Waals surface area contributed by atoms with Crippen LogP contribution >= 0.6 is 15.9 Å². The van der Waals surface area contributed by atoms with Crippen LogP contribution in [-0.2, 0) is 9.59 Å². The number of hydrogen-bond acceptors (Lipinski definition) is 5. The predicted molar refractivity (Wildman–Crippen MR) is 113 cm³/mol. The molecule has 0 radical (unpaired) electrons. The number of unbranched alkanes of at least 4 members (excludes halogenated alkanes) is 2. The zero-order chi connectivity index (χ0) is 21.1. The molecular weight excluding hydrogens is 438 g/mol. The first-order chi connectivity index (χ1) is 13.9. The number of ether oxygens (including phenoxy) is 1. The molecular formula is C22H24BrNO5. The molecule has 6 nitrogen and oxygen atoms in total. The van der Waals surface area contributed by atoms with Crippen molar-refractivity contribution in [3.8, 4) is 5.75 Å². The van der Waals surface area contributed by atoms with Crippen LogP contribution in [0.3, 0.4) is 0 Å². The van der Waals surface area contributed by atoms with Crippen molar-refractivity contribution in [1.82, 2.24) is 4.90 Å². The maximum atomic E-state index is 12.9. The number of methoxy groups -OCH3 is 1. The highest BCUT2D eigenvalue weighted by atomic mass is 79.9. The van der Waals surface area contributed by atoms with Gasteiger partial charge in [-0.15, -0.1) is 0 Å². The summed E-state index contributed by atoms with van der Waals surface area (Å²) in [6.45, 7) is 4.29. The molecule has 1 aromatic heterocycles. The molecule has 7 heteroatoms. The number of aliphatic hydroxyl groups excluding tert-OH is 1. The van der Waals surface area contributed by atoms with Gasteiger partial charge in [0, 0.05) is 12.1 Å². The summed E-state index contributed by atoms with van der Waals surface area (Å²) in [4.78, 5) is 27.1. The van der Waals surface area contributed by atoms with E-state index in [0.717, 1.165) is 19.3 Å². The smallest absolute Gasteiger partial charge is 0.295 e. The maximum Gasteiger partial charge on any atom is 0.295 e. The molecule has 2 heterocycles. The van der Waals surface area contributed by atoms with Crippen LogP contribution in [0.15, 0.2) is 44.8 Å². The number of rotatable bonds is 7. The van der Waals surface area contributed by atoms with Gasteiger partial charge in [0.25, 0.3) is 11.7 Å². The van der Waals surface area contributed by atoms with Gasteiger partial charge in [0.2, 0.25) is 0 Å². The number of furan rings is 1. The van der Waals surface area contributed by atoms with E-state index in [0.29, 0.717) is 33.9 Å². The Kier molecular flexibility index (Phi) is 6.47. The number of amides is 1. The molecule has 1 fully saturated rings. The number of aryl methyl sites for hydroxylation is 1. The monoisotopic (exact) mass is 461 g/mol. The fourth-order valence-electron chi connectivity index (χ4n) is 3.51. The molecule has 1 aliphatic rings. The van der Waals surface area contributed by atoms with E-state index in [1.165, 1.54) is 4.90 Å². The zero-order valence-electron chi connectivity index (χ0n) is 16.7. The number of carbonyl (C=O) groups excluding carboxylic acids is 2. The third-order valence-electron chi connectivity index (χ3n) is 5.00. The van der Waals surface area contributed by atoms with Gasteiger partial charge in [-0.3, -0.25) is 9.59 Å². The van der Waals surface area contributed by atoms with Gasteiger partial charge in [-0.1, -0.05) is 19.8 Å². The van der Waals surface area contributed by atoms with Gasteiger partial charge in [-0.05, 0) is 59.6 Å². The lowest BCUT2D eigenvalue weighted by atomic mass is 9.99. The number of nitrogens with zero attached hydrogens (tertiary/aromatic N) is 1. The molecule has 154 valence electrons. The Morgan fingerprint density at radius 2 is 2.00 bits per heavy atom.